The standard InChI is InChI=1S/C20H19F2NO3/c1-12(24)13-5-7-14(8-6-13)19(25)23-18-4-2-3-15-11-16(26-20(21)22)9-10-17(15)18/h5-11,18,20H,2-4H2,1H3,(H,23,25). The monoisotopic (exact) mass is 359 g/mol. The van der Waals surface area contributed by atoms with Crippen molar-refractivity contribution in [1.82, 2.24) is 5.32 Å². The number of Topliss-reactive ketones (excluding diaryl/α,β-unsaturated/α-hetero) is 1. The van der Waals surface area contributed by atoms with Crippen molar-refractivity contribution in [1.29, 1.82) is 0 Å². The highest BCUT2D eigenvalue weighted by molar-refractivity contribution is 5.97. The Hall–Kier alpha value is -2.76. The topological polar surface area (TPSA) is 55.4 Å². The molecule has 0 spiro atoms. The second kappa shape index (κ2) is 7.64. The lowest BCUT2D eigenvalue weighted by Gasteiger charge is -2.27. The number of benzene rings is 2. The first-order valence-corrected chi connectivity index (χ1v) is 8.43. The van der Waals surface area contributed by atoms with E-state index in [9.17, 15) is 18.4 Å². The number of hydrogen-bond acceptors (Lipinski definition) is 3. The predicted molar refractivity (Wildman–Crippen MR) is 92.7 cm³/mol. The number of rotatable bonds is 5. The fraction of sp³-hybridized carbons (Fsp3) is 0.300. The zero-order valence-electron chi connectivity index (χ0n) is 14.3. The molecule has 2 aromatic rings. The molecule has 6 heteroatoms. The molecule has 0 bridgehead atoms. The van der Waals surface area contributed by atoms with Gasteiger partial charge in [-0.15, -0.1) is 0 Å². The van der Waals surface area contributed by atoms with Crippen LogP contribution in [0, 0.1) is 0 Å². The van der Waals surface area contributed by atoms with E-state index in [0.29, 0.717) is 11.1 Å². The van der Waals surface area contributed by atoms with Crippen LogP contribution in [0.5, 0.6) is 5.75 Å². The van der Waals surface area contributed by atoms with Gasteiger partial charge in [0.15, 0.2) is 5.78 Å². The van der Waals surface area contributed by atoms with Gasteiger partial charge in [0.05, 0.1) is 6.04 Å². The summed E-state index contributed by atoms with van der Waals surface area (Å²) in [5.74, 6) is -0.156. The summed E-state index contributed by atoms with van der Waals surface area (Å²) in [5, 5.41) is 2.99. The van der Waals surface area contributed by atoms with Crippen LogP contribution in [-0.4, -0.2) is 18.3 Å². The van der Waals surface area contributed by atoms with E-state index in [4.69, 9.17) is 0 Å². The molecule has 1 N–H and O–H groups in total. The summed E-state index contributed by atoms with van der Waals surface area (Å²) >= 11 is 0. The Balaban J connectivity index is 1.75. The molecule has 26 heavy (non-hydrogen) atoms. The first-order chi connectivity index (χ1) is 12.4. The minimum absolute atomic E-state index is 0.0556. The summed E-state index contributed by atoms with van der Waals surface area (Å²) in [4.78, 5) is 23.8. The lowest BCUT2D eigenvalue weighted by molar-refractivity contribution is -0.0499. The summed E-state index contributed by atoms with van der Waals surface area (Å²) in [6.45, 7) is -1.38. The Morgan fingerprint density at radius 2 is 1.81 bits per heavy atom. The number of carbonyl (C=O) groups excluding carboxylic acids is 2. The lowest BCUT2D eigenvalue weighted by atomic mass is 9.87. The molecule has 1 aliphatic carbocycles. The van der Waals surface area contributed by atoms with Gasteiger partial charge in [0, 0.05) is 11.1 Å². The Bertz CT molecular complexity index is 818. The molecule has 2 aromatic carbocycles. The van der Waals surface area contributed by atoms with Gasteiger partial charge < -0.3 is 10.1 Å². The van der Waals surface area contributed by atoms with Crippen LogP contribution in [0.4, 0.5) is 8.78 Å². The SMILES string of the molecule is CC(=O)c1ccc(C(=O)NC2CCCc3cc(OC(F)F)ccc32)cc1. The number of fused-ring (bicyclic) bond motifs is 1. The molecule has 0 fully saturated rings. The summed E-state index contributed by atoms with van der Waals surface area (Å²) < 4.78 is 29.2. The van der Waals surface area contributed by atoms with Crippen molar-refractivity contribution in [2.75, 3.05) is 0 Å². The number of halogens is 2. The number of alkyl halides is 2. The molecule has 0 radical (unpaired) electrons. The molecule has 1 atom stereocenters. The van der Waals surface area contributed by atoms with Gasteiger partial charge in [-0.05, 0) is 61.6 Å². The number of aryl methyl sites for hydroxylation is 1. The smallest absolute Gasteiger partial charge is 0.387 e. The highest BCUT2D eigenvalue weighted by Crippen LogP contribution is 2.32. The molecule has 1 amide bonds. The van der Waals surface area contributed by atoms with Gasteiger partial charge in [0.1, 0.15) is 5.75 Å². The second-order valence-corrected chi connectivity index (χ2v) is 6.29. The minimum Gasteiger partial charge on any atom is -0.435 e. The highest BCUT2D eigenvalue weighted by atomic mass is 19.3. The van der Waals surface area contributed by atoms with E-state index in [0.717, 1.165) is 30.4 Å². The van der Waals surface area contributed by atoms with Gasteiger partial charge in [-0.25, -0.2) is 0 Å². The second-order valence-electron chi connectivity index (χ2n) is 6.29. The molecule has 1 aliphatic rings. The molecule has 3 rings (SSSR count). The van der Waals surface area contributed by atoms with Crippen LogP contribution >= 0.6 is 0 Å². The van der Waals surface area contributed by atoms with Crippen LogP contribution in [0.15, 0.2) is 42.5 Å². The molecule has 0 aliphatic heterocycles. The Labute approximate surface area is 150 Å². The van der Waals surface area contributed by atoms with Crippen molar-refractivity contribution in [2.24, 2.45) is 0 Å². The van der Waals surface area contributed by atoms with Crippen molar-refractivity contribution in [3.05, 3.63) is 64.7 Å². The number of hydrogen-bond donors (Lipinski definition) is 1. The summed E-state index contributed by atoms with van der Waals surface area (Å²) in [6.07, 6.45) is 2.38. The van der Waals surface area contributed by atoms with Crippen LogP contribution in [0.3, 0.4) is 0 Å². The van der Waals surface area contributed by atoms with Crippen molar-refractivity contribution < 1.29 is 23.1 Å². The van der Waals surface area contributed by atoms with Gasteiger partial charge in [-0.2, -0.15) is 8.78 Å². The fourth-order valence-corrected chi connectivity index (χ4v) is 3.21. The third kappa shape index (κ3) is 4.07. The number of nitrogens with one attached hydrogen (secondary N) is 1. The zero-order valence-corrected chi connectivity index (χ0v) is 14.3. The van der Waals surface area contributed by atoms with Gasteiger partial charge in [0.25, 0.3) is 5.91 Å². The van der Waals surface area contributed by atoms with Crippen LogP contribution in [0.1, 0.15) is 57.7 Å². The van der Waals surface area contributed by atoms with E-state index in [2.05, 4.69) is 10.1 Å². The van der Waals surface area contributed by atoms with E-state index in [1.165, 1.54) is 13.0 Å². The Morgan fingerprint density at radius 1 is 1.12 bits per heavy atom. The summed E-state index contributed by atoms with van der Waals surface area (Å²) in [5.41, 5.74) is 2.86. The fourth-order valence-electron chi connectivity index (χ4n) is 3.21. The average Bonchev–Trinajstić information content (AvgIpc) is 2.61. The van der Waals surface area contributed by atoms with Gasteiger partial charge >= 0.3 is 6.61 Å². The molecule has 0 saturated carbocycles. The van der Waals surface area contributed by atoms with Gasteiger partial charge in [0.2, 0.25) is 0 Å². The molecule has 0 aromatic heterocycles. The largest absolute Gasteiger partial charge is 0.435 e. The van der Waals surface area contributed by atoms with Crippen molar-refractivity contribution >= 4 is 11.7 Å². The van der Waals surface area contributed by atoms with E-state index < -0.39 is 6.61 Å². The van der Waals surface area contributed by atoms with Crippen LogP contribution in [0.25, 0.3) is 0 Å². The third-order valence-electron chi connectivity index (χ3n) is 4.51. The van der Waals surface area contributed by atoms with E-state index >= 15 is 0 Å². The van der Waals surface area contributed by atoms with Crippen molar-refractivity contribution in [3.8, 4) is 5.75 Å². The molecular weight excluding hydrogens is 340 g/mol. The number of ether oxygens (including phenoxy) is 1. The third-order valence-corrected chi connectivity index (χ3v) is 4.51. The van der Waals surface area contributed by atoms with Crippen LogP contribution < -0.4 is 10.1 Å². The number of carbonyl (C=O) groups is 2. The van der Waals surface area contributed by atoms with Gasteiger partial charge in [-0.1, -0.05) is 18.2 Å². The maximum absolute atomic E-state index is 12.5. The van der Waals surface area contributed by atoms with Crippen LogP contribution in [-0.2, 0) is 6.42 Å². The quantitative estimate of drug-likeness (QED) is 0.810. The van der Waals surface area contributed by atoms with E-state index in [1.807, 2.05) is 0 Å². The minimum atomic E-state index is -2.86. The van der Waals surface area contributed by atoms with E-state index in [1.54, 1.807) is 36.4 Å². The Morgan fingerprint density at radius 3 is 2.46 bits per heavy atom. The maximum Gasteiger partial charge on any atom is 0.387 e. The van der Waals surface area contributed by atoms with Crippen molar-refractivity contribution in [3.63, 3.8) is 0 Å². The normalized spacial score (nSPS) is 16.1. The van der Waals surface area contributed by atoms with Crippen molar-refractivity contribution in [2.45, 2.75) is 38.8 Å². The number of amides is 1. The first kappa shape index (κ1) is 18.0. The average molecular weight is 359 g/mol. The summed E-state index contributed by atoms with van der Waals surface area (Å²) in [7, 11) is 0. The summed E-state index contributed by atoms with van der Waals surface area (Å²) in [6, 6.07) is 11.2. The zero-order chi connectivity index (χ0) is 18.7. The molecular formula is C20H19F2NO3. The number of ketones is 1. The highest BCUT2D eigenvalue weighted by Gasteiger charge is 2.23. The molecule has 136 valence electrons. The predicted octanol–water partition coefficient (Wildman–Crippen LogP) is 4.30. The van der Waals surface area contributed by atoms with E-state index in [-0.39, 0.29) is 23.5 Å². The molecule has 0 saturated heterocycles. The molecule has 0 heterocycles. The maximum atomic E-state index is 12.5. The molecule has 1 unspecified atom stereocenters. The Kier molecular flexibility index (Phi) is 5.30. The van der Waals surface area contributed by atoms with Gasteiger partial charge in [-0.3, -0.25) is 9.59 Å². The first-order valence-electron chi connectivity index (χ1n) is 8.43. The van der Waals surface area contributed by atoms with Crippen LogP contribution in [0.2, 0.25) is 0 Å². The lowest BCUT2D eigenvalue weighted by Crippen LogP contribution is -2.31. The molecule has 4 nitrogen and oxygen atoms in total.